The molecule has 1 aliphatic carbocycles. The van der Waals surface area contributed by atoms with Crippen molar-refractivity contribution in [3.05, 3.63) is 0 Å². The lowest BCUT2D eigenvalue weighted by Gasteiger charge is -2.43. The molecule has 1 saturated carbocycles. The third kappa shape index (κ3) is 3.95. The van der Waals surface area contributed by atoms with Crippen molar-refractivity contribution in [2.45, 2.75) is 25.4 Å². The summed E-state index contributed by atoms with van der Waals surface area (Å²) in [6, 6.07) is 0. The Morgan fingerprint density at radius 3 is 2.62 bits per heavy atom. The van der Waals surface area contributed by atoms with Crippen LogP contribution in [-0.2, 0) is 14.5 Å². The van der Waals surface area contributed by atoms with Gasteiger partial charge in [0, 0.05) is 0 Å². The quantitative estimate of drug-likeness (QED) is 0.623. The van der Waals surface area contributed by atoms with Crippen LogP contribution in [0.1, 0.15) is 19.8 Å². The van der Waals surface area contributed by atoms with Crippen molar-refractivity contribution in [1.29, 1.82) is 0 Å². The molecule has 0 saturated heterocycles. The van der Waals surface area contributed by atoms with E-state index in [1.165, 1.54) is 0 Å². The monoisotopic (exact) mass is 337 g/mol. The molecule has 0 aromatic rings. The Morgan fingerprint density at radius 1 is 1.69 bits per heavy atom. The molecule has 0 amide bonds. The van der Waals surface area contributed by atoms with E-state index in [2.05, 4.69) is 22.0 Å². The Bertz CT molecular complexity index is 276. The fraction of sp³-hybridized carbons (Fsp3) is 1.00. The lowest BCUT2D eigenvalue weighted by atomic mass is 9.73. The number of primary sulfonamides is 1. The first-order valence-electron chi connectivity index (χ1n) is 3.89. The zero-order valence-corrected chi connectivity index (χ0v) is 11.3. The first-order chi connectivity index (χ1) is 5.85. The van der Waals surface area contributed by atoms with Gasteiger partial charge in [0.1, 0.15) is 0 Å². The summed E-state index contributed by atoms with van der Waals surface area (Å²) in [5.41, 5.74) is -0.102. The average Bonchev–Trinajstić information content (AvgIpc) is 1.80. The molecule has 0 aromatic heterocycles. The van der Waals surface area contributed by atoms with Gasteiger partial charge in [-0.05, 0) is 47.7 Å². The van der Waals surface area contributed by atoms with Crippen LogP contribution in [0.15, 0.2) is 0 Å². The van der Waals surface area contributed by atoms with E-state index in [1.807, 2.05) is 6.92 Å². The van der Waals surface area contributed by atoms with E-state index in [1.54, 1.807) is 0 Å². The van der Waals surface area contributed by atoms with Gasteiger partial charge in [0.15, 0.2) is 0 Å². The number of hydrogen-bond acceptors (Lipinski definition) is 3. The first kappa shape index (κ1) is 12.1. The molecule has 0 aliphatic heterocycles. The summed E-state index contributed by atoms with van der Waals surface area (Å²) in [5.74, 6) is 0.281. The van der Waals surface area contributed by atoms with Crippen molar-refractivity contribution in [3.8, 4) is 0 Å². The smallest absolute Gasteiger partial charge is 0.209 e. The predicted octanol–water partition coefficient (Wildman–Crippen LogP) is 1.40. The molecular weight excluding hydrogens is 324 g/mol. The Hall–Kier alpha value is 1.03. The van der Waals surface area contributed by atoms with Crippen molar-refractivity contribution in [2.75, 3.05) is 5.75 Å². The van der Waals surface area contributed by atoms with Crippen molar-refractivity contribution in [1.82, 2.24) is 0 Å². The highest BCUT2D eigenvalue weighted by Crippen LogP contribution is 2.46. The molecule has 0 spiro atoms. The van der Waals surface area contributed by atoms with E-state index in [-0.39, 0.29) is 17.3 Å². The summed E-state index contributed by atoms with van der Waals surface area (Å²) in [4.78, 5) is 0. The van der Waals surface area contributed by atoms with Gasteiger partial charge in [-0.25, -0.2) is 13.6 Å². The maximum Gasteiger partial charge on any atom is 0.209 e. The number of rotatable bonds is 4. The topological polar surface area (TPSA) is 69.4 Å². The third-order valence-corrected chi connectivity index (χ3v) is 4.36. The van der Waals surface area contributed by atoms with Gasteiger partial charge in [0.2, 0.25) is 10.0 Å². The summed E-state index contributed by atoms with van der Waals surface area (Å²) in [7, 11) is -3.30. The van der Waals surface area contributed by atoms with E-state index in [4.69, 9.17) is 9.66 Å². The van der Waals surface area contributed by atoms with Crippen LogP contribution in [0.4, 0.5) is 0 Å². The van der Waals surface area contributed by atoms with Crippen LogP contribution < -0.4 is 5.14 Å². The van der Waals surface area contributed by atoms with Crippen LogP contribution in [0.2, 0.25) is 0 Å². The second-order valence-corrected chi connectivity index (χ2v) is 7.07. The van der Waals surface area contributed by atoms with E-state index >= 15 is 0 Å². The minimum atomic E-state index is -3.30. The minimum Gasteiger partial charge on any atom is -0.346 e. The summed E-state index contributed by atoms with van der Waals surface area (Å²) in [5, 5.41) is 4.94. The highest BCUT2D eigenvalue weighted by Gasteiger charge is 2.42. The van der Waals surface area contributed by atoms with Gasteiger partial charge in [-0.1, -0.05) is 0 Å². The molecule has 1 fully saturated rings. The van der Waals surface area contributed by atoms with Crippen LogP contribution in [0.25, 0.3) is 0 Å². The van der Waals surface area contributed by atoms with E-state index < -0.39 is 10.0 Å². The molecule has 13 heavy (non-hydrogen) atoms. The Balaban J connectivity index is 2.33. The highest BCUT2D eigenvalue weighted by molar-refractivity contribution is 14.2. The van der Waals surface area contributed by atoms with Crippen LogP contribution in [0.5, 0.6) is 0 Å². The van der Waals surface area contributed by atoms with Gasteiger partial charge in [0.05, 0.1) is 17.8 Å². The summed E-state index contributed by atoms with van der Waals surface area (Å²) < 4.78 is 27.0. The zero-order chi connectivity index (χ0) is 10.1. The Morgan fingerprint density at radius 2 is 2.23 bits per heavy atom. The lowest BCUT2D eigenvalue weighted by Crippen LogP contribution is -2.45. The molecule has 1 rings (SSSR count). The summed E-state index contributed by atoms with van der Waals surface area (Å²) in [6.45, 7) is 2.45. The van der Waals surface area contributed by atoms with Crippen molar-refractivity contribution >= 4 is 38.5 Å². The maximum atomic E-state index is 10.7. The molecule has 1 atom stereocenters. The normalized spacial score (nSPS) is 35.2. The van der Waals surface area contributed by atoms with Crippen LogP contribution >= 0.6 is 28.5 Å². The number of nitrogens with two attached hydrogens (primary N) is 1. The highest BCUT2D eigenvalue weighted by atomic mass is 127. The number of hydrogen-bond donors (Lipinski definition) is 1. The van der Waals surface area contributed by atoms with Gasteiger partial charge in [-0.2, -0.15) is 0 Å². The predicted molar refractivity (Wildman–Crippen MR) is 62.5 cm³/mol. The second kappa shape index (κ2) is 4.26. The molecule has 2 N–H and O–H groups in total. The summed E-state index contributed by atoms with van der Waals surface area (Å²) >= 11 is 2.17. The molecule has 0 radical (unpaired) electrons. The average molecular weight is 337 g/mol. The van der Waals surface area contributed by atoms with Gasteiger partial charge in [0.25, 0.3) is 0 Å². The van der Waals surface area contributed by atoms with Crippen LogP contribution in [0.3, 0.4) is 0 Å². The van der Waals surface area contributed by atoms with Gasteiger partial charge in [-0.3, -0.25) is 0 Å². The molecule has 7 heteroatoms. The molecule has 4 nitrogen and oxygen atoms in total. The largest absolute Gasteiger partial charge is 0.346 e. The maximum absolute atomic E-state index is 10.7. The number of sulfonamides is 1. The molecular formula is C6H13INO3PS. The molecule has 0 aromatic carbocycles. The van der Waals surface area contributed by atoms with Crippen molar-refractivity contribution in [3.63, 3.8) is 0 Å². The second-order valence-electron chi connectivity index (χ2n) is 3.73. The molecule has 0 bridgehead atoms. The summed E-state index contributed by atoms with van der Waals surface area (Å²) in [6.07, 6.45) is 1.61. The van der Waals surface area contributed by atoms with Gasteiger partial charge < -0.3 is 4.52 Å². The number of halogens is 1. The SMILES string of the molecule is C[C@]1(OPI)C[C@H](CS(N)(=O)=O)C1. The molecule has 1 unspecified atom stereocenters. The van der Waals surface area contributed by atoms with Crippen LogP contribution in [0, 0.1) is 5.92 Å². The van der Waals surface area contributed by atoms with E-state index in [0.29, 0.717) is 6.45 Å². The van der Waals surface area contributed by atoms with Gasteiger partial charge >= 0.3 is 0 Å². The Kier molecular flexibility index (Phi) is 3.97. The third-order valence-electron chi connectivity index (χ3n) is 2.19. The lowest BCUT2D eigenvalue weighted by molar-refractivity contribution is -0.0108. The fourth-order valence-corrected chi connectivity index (χ4v) is 4.62. The van der Waals surface area contributed by atoms with E-state index in [0.717, 1.165) is 12.8 Å². The first-order valence-corrected chi connectivity index (χ1v) is 9.62. The standard InChI is InChI=1S/C6H13INO3PS/c1-6(11-12-7)2-5(3-6)4-13(8,9)10/h5,12H,2-4H2,1H3,(H2,8,9,10)/t5-,6-. The van der Waals surface area contributed by atoms with Crippen molar-refractivity contribution < 1.29 is 12.9 Å². The van der Waals surface area contributed by atoms with Crippen LogP contribution in [-0.4, -0.2) is 19.8 Å². The molecule has 1 aliphatic rings. The van der Waals surface area contributed by atoms with E-state index in [9.17, 15) is 8.42 Å². The fourth-order valence-electron chi connectivity index (χ4n) is 1.78. The van der Waals surface area contributed by atoms with Gasteiger partial charge in [-0.15, -0.1) is 0 Å². The molecule has 0 heterocycles. The minimum absolute atomic E-state index is 0.0936. The molecule has 78 valence electrons. The zero-order valence-electron chi connectivity index (χ0n) is 7.29. The Labute approximate surface area is 93.4 Å². The van der Waals surface area contributed by atoms with Crippen molar-refractivity contribution in [2.24, 2.45) is 11.1 Å².